The lowest BCUT2D eigenvalue weighted by Gasteiger charge is -2.12. The first-order valence-corrected chi connectivity index (χ1v) is 5.40. The van der Waals surface area contributed by atoms with Gasteiger partial charge in [-0.2, -0.15) is 0 Å². The van der Waals surface area contributed by atoms with Crippen LogP contribution in [0.2, 0.25) is 0 Å². The molecule has 15 heavy (non-hydrogen) atoms. The maximum Gasteiger partial charge on any atom is 0.118 e. The van der Waals surface area contributed by atoms with Gasteiger partial charge in [0, 0.05) is 6.04 Å². The maximum atomic E-state index is 9.38. The largest absolute Gasteiger partial charge is 0.508 e. The first-order valence-electron chi connectivity index (χ1n) is 5.40. The smallest absolute Gasteiger partial charge is 0.118 e. The van der Waals surface area contributed by atoms with Crippen molar-refractivity contribution in [1.29, 1.82) is 0 Å². The lowest BCUT2D eigenvalue weighted by atomic mass is 10.00. The van der Waals surface area contributed by atoms with Gasteiger partial charge in [0.1, 0.15) is 5.75 Å². The molecule has 1 rings (SSSR count). The fourth-order valence-electron chi connectivity index (χ4n) is 1.58. The van der Waals surface area contributed by atoms with Gasteiger partial charge in [0.25, 0.3) is 0 Å². The van der Waals surface area contributed by atoms with Crippen LogP contribution >= 0.6 is 0 Å². The molecule has 0 aliphatic rings. The second-order valence-electron chi connectivity index (χ2n) is 3.94. The van der Waals surface area contributed by atoms with Crippen molar-refractivity contribution in [1.82, 2.24) is 0 Å². The van der Waals surface area contributed by atoms with E-state index in [0.29, 0.717) is 5.75 Å². The second-order valence-corrected chi connectivity index (χ2v) is 3.94. The van der Waals surface area contributed by atoms with E-state index < -0.39 is 0 Å². The highest BCUT2D eigenvalue weighted by molar-refractivity contribution is 5.36. The van der Waals surface area contributed by atoms with Crippen LogP contribution in [0.1, 0.15) is 36.4 Å². The fraction of sp³-hybridized carbons (Fsp3) is 0.500. The van der Waals surface area contributed by atoms with Crippen LogP contribution in [0.25, 0.3) is 0 Å². The molecule has 1 aromatic carbocycles. The van der Waals surface area contributed by atoms with Gasteiger partial charge in [0.15, 0.2) is 0 Å². The Kier molecular flexibility index (Phi) is 4.59. The Labute approximate surface area is 91.1 Å². The molecule has 0 spiro atoms. The summed E-state index contributed by atoms with van der Waals surface area (Å²) < 4.78 is 0. The second kappa shape index (κ2) is 5.73. The Balaban J connectivity index is 2.57. The Hall–Kier alpha value is -1.06. The molecule has 0 aromatic heterocycles. The van der Waals surface area contributed by atoms with Crippen molar-refractivity contribution in [2.75, 3.05) is 6.54 Å². The number of aromatic hydroxyl groups is 1. The summed E-state index contributed by atoms with van der Waals surface area (Å²) >= 11 is 0. The lowest BCUT2D eigenvalue weighted by Crippen LogP contribution is -2.11. The molecular weight excluding hydrogens is 188 g/mol. The quantitative estimate of drug-likeness (QED) is 0.646. The fourth-order valence-corrected chi connectivity index (χ4v) is 1.58. The molecule has 5 N–H and O–H groups in total. The van der Waals surface area contributed by atoms with Gasteiger partial charge in [-0.05, 0) is 43.5 Å². The van der Waals surface area contributed by atoms with Crippen molar-refractivity contribution >= 4 is 0 Å². The number of hydrogen-bond donors (Lipinski definition) is 3. The van der Waals surface area contributed by atoms with Crippen LogP contribution in [0.3, 0.4) is 0 Å². The number of hydrogen-bond acceptors (Lipinski definition) is 3. The zero-order chi connectivity index (χ0) is 11.3. The number of aryl methyl sites for hydroxylation is 1. The topological polar surface area (TPSA) is 72.3 Å². The van der Waals surface area contributed by atoms with Gasteiger partial charge in [-0.15, -0.1) is 0 Å². The van der Waals surface area contributed by atoms with Crippen LogP contribution in [0.5, 0.6) is 5.75 Å². The molecule has 1 atom stereocenters. The van der Waals surface area contributed by atoms with Gasteiger partial charge >= 0.3 is 0 Å². The Morgan fingerprint density at radius 3 is 2.67 bits per heavy atom. The monoisotopic (exact) mass is 208 g/mol. The Morgan fingerprint density at radius 1 is 1.33 bits per heavy atom. The number of unbranched alkanes of at least 4 members (excludes halogenated alkanes) is 1. The molecule has 0 fully saturated rings. The first-order chi connectivity index (χ1) is 7.15. The zero-order valence-electron chi connectivity index (χ0n) is 9.24. The highest BCUT2D eigenvalue weighted by Crippen LogP contribution is 2.22. The molecular formula is C12H20N2O. The van der Waals surface area contributed by atoms with Crippen molar-refractivity contribution in [3.05, 3.63) is 29.3 Å². The van der Waals surface area contributed by atoms with Crippen LogP contribution < -0.4 is 11.5 Å². The SMILES string of the molecule is Cc1cc([C@@H](N)CCCCN)ccc1O. The van der Waals surface area contributed by atoms with E-state index in [-0.39, 0.29) is 6.04 Å². The molecule has 0 saturated heterocycles. The van der Waals surface area contributed by atoms with Crippen molar-refractivity contribution in [3.8, 4) is 5.75 Å². The minimum absolute atomic E-state index is 0.0517. The van der Waals surface area contributed by atoms with Gasteiger partial charge in [0.2, 0.25) is 0 Å². The standard InChI is InChI=1S/C12H20N2O/c1-9-8-10(5-6-12(9)15)11(14)4-2-3-7-13/h5-6,8,11,15H,2-4,7,13-14H2,1H3/t11-/m0/s1. The van der Waals surface area contributed by atoms with Crippen LogP contribution in [0, 0.1) is 6.92 Å². The van der Waals surface area contributed by atoms with Crippen molar-refractivity contribution < 1.29 is 5.11 Å². The van der Waals surface area contributed by atoms with E-state index >= 15 is 0 Å². The zero-order valence-corrected chi connectivity index (χ0v) is 9.24. The van der Waals surface area contributed by atoms with Gasteiger partial charge in [-0.25, -0.2) is 0 Å². The molecule has 0 aliphatic carbocycles. The van der Waals surface area contributed by atoms with Gasteiger partial charge in [-0.3, -0.25) is 0 Å². The van der Waals surface area contributed by atoms with E-state index in [2.05, 4.69) is 0 Å². The molecule has 1 aromatic rings. The van der Waals surface area contributed by atoms with Crippen LogP contribution in [-0.2, 0) is 0 Å². The summed E-state index contributed by atoms with van der Waals surface area (Å²) in [5.41, 5.74) is 13.4. The molecule has 3 nitrogen and oxygen atoms in total. The minimum Gasteiger partial charge on any atom is -0.508 e. The third kappa shape index (κ3) is 3.53. The lowest BCUT2D eigenvalue weighted by molar-refractivity contribution is 0.470. The van der Waals surface area contributed by atoms with Crippen molar-refractivity contribution in [2.24, 2.45) is 11.5 Å². The van der Waals surface area contributed by atoms with Crippen molar-refractivity contribution in [3.63, 3.8) is 0 Å². The van der Waals surface area contributed by atoms with E-state index in [1.54, 1.807) is 6.07 Å². The summed E-state index contributed by atoms with van der Waals surface area (Å²) in [7, 11) is 0. The number of benzene rings is 1. The van der Waals surface area contributed by atoms with Crippen LogP contribution in [0.15, 0.2) is 18.2 Å². The minimum atomic E-state index is 0.0517. The van der Waals surface area contributed by atoms with Gasteiger partial charge in [-0.1, -0.05) is 18.6 Å². The summed E-state index contributed by atoms with van der Waals surface area (Å²) in [5, 5.41) is 9.38. The predicted molar refractivity (Wildman–Crippen MR) is 62.7 cm³/mol. The summed E-state index contributed by atoms with van der Waals surface area (Å²) in [6.45, 7) is 2.60. The molecule has 3 heteroatoms. The molecule has 0 aliphatic heterocycles. The first kappa shape index (κ1) is 12.0. The van der Waals surface area contributed by atoms with Crippen LogP contribution in [0.4, 0.5) is 0 Å². The van der Waals surface area contributed by atoms with Crippen molar-refractivity contribution in [2.45, 2.75) is 32.2 Å². The highest BCUT2D eigenvalue weighted by atomic mass is 16.3. The average Bonchev–Trinajstić information content (AvgIpc) is 2.22. The summed E-state index contributed by atoms with van der Waals surface area (Å²) in [4.78, 5) is 0. The molecule has 84 valence electrons. The molecule has 0 unspecified atom stereocenters. The van der Waals surface area contributed by atoms with Gasteiger partial charge < -0.3 is 16.6 Å². The predicted octanol–water partition coefficient (Wildman–Crippen LogP) is 1.83. The number of phenols is 1. The van der Waals surface area contributed by atoms with Crippen LogP contribution in [-0.4, -0.2) is 11.7 Å². The van der Waals surface area contributed by atoms with E-state index in [1.165, 1.54) is 0 Å². The average molecular weight is 208 g/mol. The summed E-state index contributed by atoms with van der Waals surface area (Å²) in [6.07, 6.45) is 3.02. The molecule has 0 radical (unpaired) electrons. The molecule has 0 saturated carbocycles. The van der Waals surface area contributed by atoms with E-state index in [4.69, 9.17) is 11.5 Å². The molecule has 0 amide bonds. The third-order valence-corrected chi connectivity index (χ3v) is 2.62. The highest BCUT2D eigenvalue weighted by Gasteiger charge is 2.06. The number of phenolic OH excluding ortho intramolecular Hbond substituents is 1. The Bertz CT molecular complexity index is 312. The molecule has 0 bridgehead atoms. The van der Waals surface area contributed by atoms with E-state index in [0.717, 1.165) is 36.9 Å². The molecule has 0 heterocycles. The number of nitrogens with two attached hydrogens (primary N) is 2. The maximum absolute atomic E-state index is 9.38. The van der Waals surface area contributed by atoms with Gasteiger partial charge in [0.05, 0.1) is 0 Å². The third-order valence-electron chi connectivity index (χ3n) is 2.62. The number of rotatable bonds is 5. The summed E-state index contributed by atoms with van der Waals surface area (Å²) in [6, 6.07) is 5.58. The van der Waals surface area contributed by atoms with E-state index in [9.17, 15) is 5.11 Å². The summed E-state index contributed by atoms with van der Waals surface area (Å²) in [5.74, 6) is 0.327. The van der Waals surface area contributed by atoms with E-state index in [1.807, 2.05) is 19.1 Å². The normalized spacial score (nSPS) is 12.7. The Morgan fingerprint density at radius 2 is 2.07 bits per heavy atom.